The first-order chi connectivity index (χ1) is 13.7. The predicted molar refractivity (Wildman–Crippen MR) is 101 cm³/mol. The zero-order valence-corrected chi connectivity index (χ0v) is 15.0. The van der Waals surface area contributed by atoms with Crippen molar-refractivity contribution in [2.24, 2.45) is 0 Å². The number of fused-ring (bicyclic) bond motifs is 3. The van der Waals surface area contributed by atoms with E-state index >= 15 is 0 Å². The van der Waals surface area contributed by atoms with Gasteiger partial charge in [-0.2, -0.15) is 10.2 Å². The summed E-state index contributed by atoms with van der Waals surface area (Å²) in [5.74, 6) is 1.24. The Morgan fingerprint density at radius 1 is 1.29 bits per heavy atom. The molecule has 0 atom stereocenters. The molecule has 0 amide bonds. The molecular formula is C19H17N7O2. The average molecular weight is 375 g/mol. The van der Waals surface area contributed by atoms with Crippen LogP contribution in [0, 0.1) is 11.3 Å². The molecule has 0 bridgehead atoms. The van der Waals surface area contributed by atoms with E-state index in [1.54, 1.807) is 18.3 Å². The van der Waals surface area contributed by atoms with Crippen molar-refractivity contribution in [2.75, 3.05) is 18.0 Å². The Hall–Kier alpha value is -3.51. The lowest BCUT2D eigenvalue weighted by molar-refractivity contribution is 0.143. The van der Waals surface area contributed by atoms with Crippen LogP contribution in [0.4, 0.5) is 6.01 Å². The number of anilines is 1. The highest BCUT2D eigenvalue weighted by molar-refractivity contribution is 6.02. The minimum atomic E-state index is -0.251. The molecule has 0 aliphatic carbocycles. The summed E-state index contributed by atoms with van der Waals surface area (Å²) in [6.45, 7) is 1.40. The number of rotatable bonds is 3. The van der Waals surface area contributed by atoms with Gasteiger partial charge in [0.15, 0.2) is 5.82 Å². The Balaban J connectivity index is 1.43. The van der Waals surface area contributed by atoms with E-state index in [2.05, 4.69) is 31.2 Å². The molecule has 3 aromatic heterocycles. The molecule has 1 saturated heterocycles. The monoisotopic (exact) mass is 375 g/mol. The number of pyridine rings is 1. The van der Waals surface area contributed by atoms with E-state index in [1.807, 2.05) is 11.0 Å². The maximum absolute atomic E-state index is 9.62. The molecule has 9 nitrogen and oxygen atoms in total. The minimum Gasteiger partial charge on any atom is -0.393 e. The predicted octanol–water partition coefficient (Wildman–Crippen LogP) is 1.92. The molecule has 0 saturated carbocycles. The van der Waals surface area contributed by atoms with E-state index in [4.69, 9.17) is 9.78 Å². The Morgan fingerprint density at radius 2 is 2.14 bits per heavy atom. The number of hydrogen-bond donors (Lipinski definition) is 2. The van der Waals surface area contributed by atoms with E-state index in [9.17, 15) is 5.11 Å². The van der Waals surface area contributed by atoms with Gasteiger partial charge in [-0.3, -0.25) is 4.98 Å². The number of H-pyrrole nitrogens is 1. The van der Waals surface area contributed by atoms with Crippen molar-refractivity contribution >= 4 is 28.0 Å². The number of nitrogens with zero attached hydrogens (tertiary/aromatic N) is 6. The highest BCUT2D eigenvalue weighted by atomic mass is 16.5. The summed E-state index contributed by atoms with van der Waals surface area (Å²) in [6.07, 6.45) is 3.28. The normalized spacial score (nSPS) is 15.4. The fraction of sp³-hybridized carbons (Fsp3) is 0.316. The van der Waals surface area contributed by atoms with Gasteiger partial charge >= 0.3 is 6.01 Å². The van der Waals surface area contributed by atoms with Crippen molar-refractivity contribution in [1.82, 2.24) is 25.1 Å². The van der Waals surface area contributed by atoms with Gasteiger partial charge in [-0.15, -0.1) is 0 Å². The van der Waals surface area contributed by atoms with Crippen LogP contribution in [0.5, 0.6) is 0 Å². The van der Waals surface area contributed by atoms with E-state index < -0.39 is 0 Å². The largest absolute Gasteiger partial charge is 0.393 e. The second-order valence-electron chi connectivity index (χ2n) is 6.94. The SMILES string of the molecule is N#Cc1ccc2ncc3[nH]c(Cc4noc(N5CCC(O)CC5)n4)nc3c2c1. The number of aliphatic hydroxyl groups excluding tert-OH is 1. The summed E-state index contributed by atoms with van der Waals surface area (Å²) >= 11 is 0. The van der Waals surface area contributed by atoms with Gasteiger partial charge < -0.3 is 19.5 Å². The number of piperidine rings is 1. The van der Waals surface area contributed by atoms with E-state index in [-0.39, 0.29) is 6.10 Å². The first kappa shape index (κ1) is 16.6. The maximum Gasteiger partial charge on any atom is 0.324 e. The summed E-state index contributed by atoms with van der Waals surface area (Å²) in [7, 11) is 0. The van der Waals surface area contributed by atoms with Gasteiger partial charge in [0.05, 0.1) is 46.9 Å². The number of nitrogens with one attached hydrogen (secondary N) is 1. The molecule has 28 heavy (non-hydrogen) atoms. The number of aliphatic hydroxyl groups is 1. The molecule has 0 unspecified atom stereocenters. The molecule has 1 fully saturated rings. The summed E-state index contributed by atoms with van der Waals surface area (Å²) in [4.78, 5) is 18.8. The third kappa shape index (κ3) is 2.93. The topological polar surface area (TPSA) is 128 Å². The summed E-state index contributed by atoms with van der Waals surface area (Å²) in [5, 5.41) is 23.7. The quantitative estimate of drug-likeness (QED) is 0.556. The van der Waals surface area contributed by atoms with Crippen LogP contribution in [0.1, 0.15) is 30.1 Å². The lowest BCUT2D eigenvalue weighted by Gasteiger charge is -2.27. The molecule has 9 heteroatoms. The van der Waals surface area contributed by atoms with Gasteiger partial charge in [-0.25, -0.2) is 4.98 Å². The minimum absolute atomic E-state index is 0.251. The summed E-state index contributed by atoms with van der Waals surface area (Å²) in [6, 6.07) is 7.99. The average Bonchev–Trinajstić information content (AvgIpc) is 3.35. The maximum atomic E-state index is 9.62. The molecule has 5 rings (SSSR count). The Bertz CT molecular complexity index is 1200. The molecule has 0 radical (unpaired) electrons. The Labute approximate surface area is 159 Å². The number of hydrogen-bond acceptors (Lipinski definition) is 8. The van der Waals surface area contributed by atoms with Crippen LogP contribution in [-0.4, -0.2) is 49.4 Å². The zero-order chi connectivity index (χ0) is 19.1. The summed E-state index contributed by atoms with van der Waals surface area (Å²) in [5.41, 5.74) is 2.93. The fourth-order valence-corrected chi connectivity index (χ4v) is 3.51. The lowest BCUT2D eigenvalue weighted by atomic mass is 10.1. The van der Waals surface area contributed by atoms with Crippen LogP contribution < -0.4 is 4.90 Å². The van der Waals surface area contributed by atoms with Crippen molar-refractivity contribution in [3.63, 3.8) is 0 Å². The zero-order valence-electron chi connectivity index (χ0n) is 15.0. The van der Waals surface area contributed by atoms with E-state index in [0.717, 1.165) is 21.9 Å². The number of imidazole rings is 1. The molecule has 1 aromatic carbocycles. The lowest BCUT2D eigenvalue weighted by Crippen LogP contribution is -2.35. The highest BCUT2D eigenvalue weighted by Gasteiger charge is 2.22. The van der Waals surface area contributed by atoms with Crippen molar-refractivity contribution in [3.05, 3.63) is 41.6 Å². The van der Waals surface area contributed by atoms with Crippen LogP contribution in [0.25, 0.3) is 21.9 Å². The molecular weight excluding hydrogens is 358 g/mol. The standard InChI is InChI=1S/C19H17N7O2/c20-9-11-1-2-14-13(7-11)18-15(10-21-14)22-16(23-18)8-17-24-19(28-25-17)26-5-3-12(27)4-6-26/h1-2,7,10,12,27H,3-6,8H2,(H,22,23). The van der Waals surface area contributed by atoms with Crippen molar-refractivity contribution in [1.29, 1.82) is 5.26 Å². The van der Waals surface area contributed by atoms with Crippen molar-refractivity contribution in [3.8, 4) is 6.07 Å². The fourth-order valence-electron chi connectivity index (χ4n) is 3.51. The molecule has 1 aliphatic rings. The molecule has 4 aromatic rings. The second kappa shape index (κ2) is 6.58. The van der Waals surface area contributed by atoms with Gasteiger partial charge in [-0.1, -0.05) is 5.16 Å². The third-order valence-electron chi connectivity index (χ3n) is 5.01. The second-order valence-corrected chi connectivity index (χ2v) is 6.94. The van der Waals surface area contributed by atoms with Crippen LogP contribution in [0.3, 0.4) is 0 Å². The third-order valence-corrected chi connectivity index (χ3v) is 5.01. The smallest absolute Gasteiger partial charge is 0.324 e. The number of aromatic amines is 1. The molecule has 1 aliphatic heterocycles. The van der Waals surface area contributed by atoms with Crippen molar-refractivity contribution in [2.45, 2.75) is 25.4 Å². The van der Waals surface area contributed by atoms with Crippen LogP contribution in [0.15, 0.2) is 28.9 Å². The molecule has 2 N–H and O–H groups in total. The number of nitriles is 1. The van der Waals surface area contributed by atoms with Gasteiger partial charge in [0, 0.05) is 18.5 Å². The Kier molecular flexibility index (Phi) is 3.91. The van der Waals surface area contributed by atoms with Gasteiger partial charge in [0.2, 0.25) is 0 Å². The molecule has 0 spiro atoms. The van der Waals surface area contributed by atoms with Crippen LogP contribution in [-0.2, 0) is 6.42 Å². The van der Waals surface area contributed by atoms with Gasteiger partial charge in [-0.05, 0) is 31.0 Å². The van der Waals surface area contributed by atoms with Crippen LogP contribution in [0.2, 0.25) is 0 Å². The van der Waals surface area contributed by atoms with Crippen LogP contribution >= 0.6 is 0 Å². The number of benzene rings is 1. The van der Waals surface area contributed by atoms with Gasteiger partial charge in [0.25, 0.3) is 0 Å². The first-order valence-electron chi connectivity index (χ1n) is 9.12. The van der Waals surface area contributed by atoms with E-state index in [1.165, 1.54) is 0 Å². The highest BCUT2D eigenvalue weighted by Crippen LogP contribution is 2.24. The van der Waals surface area contributed by atoms with Gasteiger partial charge in [0.1, 0.15) is 5.82 Å². The molecule has 140 valence electrons. The summed E-state index contributed by atoms with van der Waals surface area (Å²) < 4.78 is 5.38. The van der Waals surface area contributed by atoms with Crippen molar-refractivity contribution < 1.29 is 9.63 Å². The molecule has 4 heterocycles. The first-order valence-corrected chi connectivity index (χ1v) is 9.12. The Morgan fingerprint density at radius 3 is 2.96 bits per heavy atom. The number of aromatic nitrogens is 5. The van der Waals surface area contributed by atoms with E-state index in [0.29, 0.717) is 55.6 Å².